The van der Waals surface area contributed by atoms with Crippen LogP contribution in [0.4, 0.5) is 0 Å². The quantitative estimate of drug-likeness (QED) is 0.531. The van der Waals surface area contributed by atoms with Crippen molar-refractivity contribution in [3.05, 3.63) is 23.9 Å². The van der Waals surface area contributed by atoms with Gasteiger partial charge in [0.05, 0.1) is 6.04 Å². The lowest BCUT2D eigenvalue weighted by molar-refractivity contribution is 0.662. The first-order valence-corrected chi connectivity index (χ1v) is 4.41. The molecule has 2 unspecified atom stereocenters. The second-order valence-corrected chi connectivity index (χ2v) is 3.68. The van der Waals surface area contributed by atoms with Crippen LogP contribution in [0.5, 0.6) is 0 Å². The first-order chi connectivity index (χ1) is 4.88. The number of hydrogen-bond acceptors (Lipinski definition) is 3. The molecular weight excluding hydrogens is 144 g/mol. The van der Waals surface area contributed by atoms with E-state index < -0.39 is 0 Å². The monoisotopic (exact) mass is 154 g/mol. The molecule has 10 heavy (non-hydrogen) atoms. The summed E-state index contributed by atoms with van der Waals surface area (Å²) in [4.78, 5) is 0. The molecule has 3 N–H and O–H groups in total. The molecule has 2 nitrogen and oxygen atoms in total. The number of allylic oxidation sites excluding steroid dienone is 2. The van der Waals surface area contributed by atoms with Crippen LogP contribution >= 0.6 is 11.8 Å². The Labute approximate surface area is 64.6 Å². The number of nitrogens with two attached hydrogens (primary N) is 1. The molecule has 54 valence electrons. The van der Waals surface area contributed by atoms with Crippen LogP contribution in [0.25, 0.3) is 0 Å². The highest BCUT2D eigenvalue weighted by Crippen LogP contribution is 2.27. The molecule has 2 atom stereocenters. The molecule has 0 aromatic heterocycles. The van der Waals surface area contributed by atoms with E-state index in [0.29, 0.717) is 11.3 Å². The lowest BCUT2D eigenvalue weighted by Gasteiger charge is -2.18. The van der Waals surface area contributed by atoms with E-state index in [4.69, 9.17) is 5.73 Å². The number of hydrogen-bond donors (Lipinski definition) is 2. The molecule has 0 aromatic carbocycles. The Morgan fingerprint density at radius 1 is 1.70 bits per heavy atom. The van der Waals surface area contributed by atoms with Gasteiger partial charge in [0.25, 0.3) is 0 Å². The molecular formula is C7H10N2S. The largest absolute Gasteiger partial charge is 0.401 e. The minimum Gasteiger partial charge on any atom is -0.401 e. The van der Waals surface area contributed by atoms with Gasteiger partial charge in [-0.1, -0.05) is 12.2 Å². The first-order valence-electron chi connectivity index (χ1n) is 3.37. The third kappa shape index (κ3) is 0.859. The third-order valence-corrected chi connectivity index (χ3v) is 3.00. The van der Waals surface area contributed by atoms with Gasteiger partial charge in [0.2, 0.25) is 0 Å². The Morgan fingerprint density at radius 2 is 2.60 bits per heavy atom. The summed E-state index contributed by atoms with van der Waals surface area (Å²) in [5.74, 6) is 1.02. The normalized spacial score (nSPS) is 37.4. The maximum absolute atomic E-state index is 5.75. The zero-order chi connectivity index (χ0) is 6.97. The van der Waals surface area contributed by atoms with Crippen molar-refractivity contribution in [3.8, 4) is 0 Å². The minimum atomic E-state index is 0.398. The molecule has 0 amide bonds. The molecule has 2 aliphatic rings. The highest BCUT2D eigenvalue weighted by atomic mass is 32.2. The topological polar surface area (TPSA) is 38.0 Å². The van der Waals surface area contributed by atoms with Crippen molar-refractivity contribution in [1.29, 1.82) is 0 Å². The van der Waals surface area contributed by atoms with E-state index in [1.807, 2.05) is 23.9 Å². The Morgan fingerprint density at radius 3 is 3.40 bits per heavy atom. The highest BCUT2D eigenvalue weighted by molar-refractivity contribution is 8.00. The summed E-state index contributed by atoms with van der Waals surface area (Å²) in [5, 5.41) is 3.90. The maximum atomic E-state index is 5.75. The van der Waals surface area contributed by atoms with E-state index >= 15 is 0 Å². The molecule has 0 spiro atoms. The Balaban J connectivity index is 2.24. The van der Waals surface area contributed by atoms with E-state index in [9.17, 15) is 0 Å². The van der Waals surface area contributed by atoms with Crippen molar-refractivity contribution in [2.75, 3.05) is 5.88 Å². The van der Waals surface area contributed by atoms with Gasteiger partial charge in [-0.3, -0.25) is 5.32 Å². The Bertz CT molecular complexity index is 198. The standard InChI is InChI=1S/C7H10N2S/c8-5-2-1-3-6-7(5)9-4-10-6/h1-3,6-7,9H,4,8H2. The average molecular weight is 154 g/mol. The summed E-state index contributed by atoms with van der Waals surface area (Å²) in [5.41, 5.74) is 6.72. The molecule has 1 saturated heterocycles. The first kappa shape index (κ1) is 6.31. The van der Waals surface area contributed by atoms with Crippen LogP contribution in [0.2, 0.25) is 0 Å². The smallest absolute Gasteiger partial charge is 0.0630 e. The van der Waals surface area contributed by atoms with Gasteiger partial charge in [-0.15, -0.1) is 11.8 Å². The molecule has 0 aromatic rings. The molecule has 3 heteroatoms. The fourth-order valence-electron chi connectivity index (χ4n) is 1.30. The van der Waals surface area contributed by atoms with Crippen molar-refractivity contribution in [2.24, 2.45) is 5.73 Å². The van der Waals surface area contributed by atoms with E-state index in [0.717, 1.165) is 11.6 Å². The van der Waals surface area contributed by atoms with Gasteiger partial charge in [-0.05, 0) is 6.08 Å². The second kappa shape index (κ2) is 2.32. The average Bonchev–Trinajstić information content (AvgIpc) is 2.36. The molecule has 1 aliphatic heterocycles. The fraction of sp³-hybridized carbons (Fsp3) is 0.429. The molecule has 1 heterocycles. The highest BCUT2D eigenvalue weighted by Gasteiger charge is 2.28. The number of nitrogens with one attached hydrogen (secondary N) is 1. The molecule has 1 fully saturated rings. The van der Waals surface area contributed by atoms with Gasteiger partial charge in [0, 0.05) is 16.8 Å². The molecule has 0 radical (unpaired) electrons. The van der Waals surface area contributed by atoms with Crippen molar-refractivity contribution >= 4 is 11.8 Å². The summed E-state index contributed by atoms with van der Waals surface area (Å²) in [6.07, 6.45) is 6.21. The van der Waals surface area contributed by atoms with Crippen LogP contribution in [-0.4, -0.2) is 17.2 Å². The SMILES string of the molecule is NC1=CC=CC2SCNC12. The molecule has 0 saturated carbocycles. The van der Waals surface area contributed by atoms with Crippen molar-refractivity contribution in [2.45, 2.75) is 11.3 Å². The van der Waals surface area contributed by atoms with Gasteiger partial charge < -0.3 is 5.73 Å². The van der Waals surface area contributed by atoms with Crippen LogP contribution in [0.1, 0.15) is 0 Å². The number of thioether (sulfide) groups is 1. The van der Waals surface area contributed by atoms with E-state index in [1.54, 1.807) is 0 Å². The summed E-state index contributed by atoms with van der Waals surface area (Å²) >= 11 is 1.91. The van der Waals surface area contributed by atoms with Gasteiger partial charge in [-0.2, -0.15) is 0 Å². The predicted octanol–water partition coefficient (Wildman–Crippen LogP) is 0.430. The lowest BCUT2D eigenvalue weighted by atomic mass is 10.1. The Hall–Kier alpha value is -0.410. The predicted molar refractivity (Wildman–Crippen MR) is 44.6 cm³/mol. The summed E-state index contributed by atoms with van der Waals surface area (Å²) in [6.45, 7) is 0. The summed E-state index contributed by atoms with van der Waals surface area (Å²) in [7, 11) is 0. The lowest BCUT2D eigenvalue weighted by Crippen LogP contribution is -2.35. The zero-order valence-electron chi connectivity index (χ0n) is 5.58. The molecule has 0 bridgehead atoms. The second-order valence-electron chi connectivity index (χ2n) is 2.51. The van der Waals surface area contributed by atoms with E-state index in [2.05, 4.69) is 11.4 Å². The van der Waals surface area contributed by atoms with Crippen LogP contribution in [0.15, 0.2) is 23.9 Å². The van der Waals surface area contributed by atoms with Gasteiger partial charge in [-0.25, -0.2) is 0 Å². The van der Waals surface area contributed by atoms with Gasteiger partial charge in [0.15, 0.2) is 0 Å². The van der Waals surface area contributed by atoms with Gasteiger partial charge in [0.1, 0.15) is 0 Å². The van der Waals surface area contributed by atoms with Crippen molar-refractivity contribution in [1.82, 2.24) is 5.32 Å². The molecule has 2 rings (SSSR count). The van der Waals surface area contributed by atoms with Crippen molar-refractivity contribution < 1.29 is 0 Å². The zero-order valence-corrected chi connectivity index (χ0v) is 6.40. The summed E-state index contributed by atoms with van der Waals surface area (Å²) < 4.78 is 0. The Kier molecular flexibility index (Phi) is 1.47. The van der Waals surface area contributed by atoms with E-state index in [-0.39, 0.29) is 0 Å². The molecule has 1 aliphatic carbocycles. The van der Waals surface area contributed by atoms with Gasteiger partial charge >= 0.3 is 0 Å². The number of fused-ring (bicyclic) bond motifs is 1. The minimum absolute atomic E-state index is 0.398. The maximum Gasteiger partial charge on any atom is 0.0630 e. The summed E-state index contributed by atoms with van der Waals surface area (Å²) in [6, 6.07) is 0.398. The fourth-order valence-corrected chi connectivity index (χ4v) is 2.42. The van der Waals surface area contributed by atoms with E-state index in [1.165, 1.54) is 0 Å². The van der Waals surface area contributed by atoms with Crippen LogP contribution in [-0.2, 0) is 0 Å². The van der Waals surface area contributed by atoms with Crippen molar-refractivity contribution in [3.63, 3.8) is 0 Å². The van der Waals surface area contributed by atoms with Crippen LogP contribution < -0.4 is 11.1 Å². The van der Waals surface area contributed by atoms with Crippen LogP contribution in [0.3, 0.4) is 0 Å². The number of rotatable bonds is 0. The third-order valence-electron chi connectivity index (χ3n) is 1.86. The van der Waals surface area contributed by atoms with Crippen LogP contribution in [0, 0.1) is 0 Å².